The second-order valence-corrected chi connectivity index (χ2v) is 16.6. The van der Waals surface area contributed by atoms with Crippen LogP contribution in [0.5, 0.6) is 11.5 Å². The lowest BCUT2D eigenvalue weighted by Gasteiger charge is -2.60. The van der Waals surface area contributed by atoms with E-state index in [1.165, 1.54) is 0 Å². The Balaban J connectivity index is 1.54. The summed E-state index contributed by atoms with van der Waals surface area (Å²) < 4.78 is 24.9. The van der Waals surface area contributed by atoms with Crippen LogP contribution in [-0.2, 0) is 31.3 Å². The van der Waals surface area contributed by atoms with Gasteiger partial charge in [-0.05, 0) is 83.6 Å². The molecule has 5 atom stereocenters. The Kier molecular flexibility index (Phi) is 8.64. The summed E-state index contributed by atoms with van der Waals surface area (Å²) >= 11 is 0. The van der Waals surface area contributed by atoms with Crippen molar-refractivity contribution in [1.82, 2.24) is 9.96 Å². The lowest BCUT2D eigenvalue weighted by atomic mass is 9.53. The van der Waals surface area contributed by atoms with Gasteiger partial charge < -0.3 is 19.7 Å². The molecule has 2 aliphatic heterocycles. The number of hydrogen-bond donors (Lipinski definition) is 3. The first kappa shape index (κ1) is 30.5. The summed E-state index contributed by atoms with van der Waals surface area (Å²) in [5.41, 5.74) is -0.138. The first-order valence-corrected chi connectivity index (χ1v) is 17.1. The fourth-order valence-electron chi connectivity index (χ4n) is 7.09. The summed E-state index contributed by atoms with van der Waals surface area (Å²) in [5, 5.41) is 24.8. The van der Waals surface area contributed by atoms with Gasteiger partial charge in [0, 0.05) is 31.0 Å². The molecule has 2 heterocycles. The smallest absolute Gasteiger partial charge is 0.165 e. The van der Waals surface area contributed by atoms with Crippen LogP contribution >= 0.6 is 0 Å². The second-order valence-electron chi connectivity index (χ2n) is 13.0. The number of nitrogens with zero attached hydrogens (tertiary/aromatic N) is 2. The van der Waals surface area contributed by atoms with Gasteiger partial charge in [-0.15, -0.1) is 16.5 Å². The minimum absolute atomic E-state index is 0.0979. The molecule has 39 heavy (non-hydrogen) atoms. The van der Waals surface area contributed by atoms with E-state index in [-0.39, 0.29) is 30.2 Å². The van der Waals surface area contributed by atoms with E-state index < -0.39 is 27.1 Å². The Morgan fingerprint density at radius 2 is 2.10 bits per heavy atom. The lowest BCUT2D eigenvalue weighted by Crippen LogP contribution is -2.74. The van der Waals surface area contributed by atoms with Crippen molar-refractivity contribution in [3.63, 3.8) is 0 Å². The molecule has 2 N–H and O–H groups in total. The van der Waals surface area contributed by atoms with Crippen LogP contribution in [0.3, 0.4) is 0 Å². The molecule has 0 radical (unpaired) electrons. The number of aromatic hydroxyl groups is 1. The highest BCUT2D eigenvalue weighted by Gasteiger charge is 2.69. The predicted molar refractivity (Wildman–Crippen MR) is 157 cm³/mol. The second kappa shape index (κ2) is 11.1. The molecule has 9 heteroatoms. The van der Waals surface area contributed by atoms with E-state index in [0.29, 0.717) is 37.3 Å². The highest BCUT2D eigenvalue weighted by atomic mass is 32.2. The normalized spacial score (nSPS) is 29.7. The van der Waals surface area contributed by atoms with E-state index in [1.807, 2.05) is 52.5 Å². The molecule has 1 aliphatic carbocycles. The topological polar surface area (TPSA) is 91.7 Å². The van der Waals surface area contributed by atoms with Crippen LogP contribution in [0, 0.1) is 0 Å². The Bertz CT molecular complexity index is 1100. The number of ether oxygens (including phenoxy) is 2. The quantitative estimate of drug-likeness (QED) is 0.145. The number of fused-ring (bicyclic) bond motifs is 1. The Labute approximate surface area is 235 Å². The average Bonchev–Trinajstić information content (AvgIpc) is 3.18. The molecule has 0 saturated carbocycles. The lowest BCUT2D eigenvalue weighted by molar-refractivity contribution is -0.269. The molecule has 2 bridgehead atoms. The molecule has 8 nitrogen and oxygen atoms in total. The van der Waals surface area contributed by atoms with Crippen LogP contribution < -0.4 is 4.74 Å². The van der Waals surface area contributed by atoms with Gasteiger partial charge in [-0.25, -0.2) is 0 Å². The number of hydroxylamine groups is 2. The Morgan fingerprint density at radius 1 is 1.38 bits per heavy atom. The van der Waals surface area contributed by atoms with Gasteiger partial charge in [0.05, 0.1) is 16.6 Å². The van der Waals surface area contributed by atoms with Crippen LogP contribution in [0.1, 0.15) is 64.5 Å². The van der Waals surface area contributed by atoms with Crippen molar-refractivity contribution in [1.29, 1.82) is 0 Å². The maximum atomic E-state index is 12.3. The number of aliphatic hydroxyl groups is 1. The first-order chi connectivity index (χ1) is 18.2. The molecule has 1 fully saturated rings. The summed E-state index contributed by atoms with van der Waals surface area (Å²) in [6.07, 6.45) is 8.38. The monoisotopic (exact) mass is 566 g/mol. The van der Waals surface area contributed by atoms with Gasteiger partial charge in [-0.1, -0.05) is 19.1 Å². The van der Waals surface area contributed by atoms with Crippen LogP contribution in [0.15, 0.2) is 24.8 Å². The molecular formula is C30H50N2O6S. The molecule has 3 aliphatic rings. The number of thiol groups is 1. The molecular weight excluding hydrogens is 516 g/mol. The molecule has 4 rings (SSSR count). The zero-order chi connectivity index (χ0) is 28.8. The largest absolute Gasteiger partial charge is 0.504 e. The third-order valence-electron chi connectivity index (χ3n) is 9.13. The summed E-state index contributed by atoms with van der Waals surface area (Å²) in [7, 11) is -0.191. The SMILES string of the molecule is C=CCN1CC[C@]23c4c(ccc(O)c4O[C@H]2[C@H](CC)ON(C)COC(C)(C)CCC[SH](C)(C)=O)C[C@@H]1[C@@]3(C)O. The Morgan fingerprint density at radius 3 is 2.74 bits per heavy atom. The summed E-state index contributed by atoms with van der Waals surface area (Å²) in [5.74, 6) is 1.31. The van der Waals surface area contributed by atoms with Gasteiger partial charge in [-0.3, -0.25) is 13.9 Å². The van der Waals surface area contributed by atoms with Crippen LogP contribution in [0.2, 0.25) is 0 Å². The first-order valence-electron chi connectivity index (χ1n) is 14.3. The molecule has 1 spiro atoms. The minimum Gasteiger partial charge on any atom is -0.504 e. The zero-order valence-corrected chi connectivity index (χ0v) is 25.8. The Hall–Kier alpha value is -1.49. The zero-order valence-electron chi connectivity index (χ0n) is 24.9. The number of likely N-dealkylation sites (tertiary alicyclic amines) is 1. The number of phenolic OH excluding ortho intramolecular Hbond substituents is 1. The molecule has 1 aromatic rings. The third-order valence-corrected chi connectivity index (χ3v) is 10.5. The number of hydrogen-bond acceptors (Lipinski definition) is 8. The average molecular weight is 567 g/mol. The van der Waals surface area contributed by atoms with Gasteiger partial charge in [0.2, 0.25) is 0 Å². The van der Waals surface area contributed by atoms with E-state index in [9.17, 15) is 14.4 Å². The van der Waals surface area contributed by atoms with Crippen LogP contribution in [0.4, 0.5) is 0 Å². The van der Waals surface area contributed by atoms with Crippen molar-refractivity contribution in [2.45, 2.75) is 94.7 Å². The number of phenols is 1. The molecule has 1 saturated heterocycles. The molecule has 0 unspecified atom stereocenters. The van der Waals surface area contributed by atoms with Gasteiger partial charge in [-0.2, -0.15) is 5.06 Å². The van der Waals surface area contributed by atoms with Crippen LogP contribution in [-0.4, -0.2) is 99.0 Å². The van der Waals surface area contributed by atoms with Gasteiger partial charge in [0.15, 0.2) is 11.5 Å². The summed E-state index contributed by atoms with van der Waals surface area (Å²) in [6, 6.07) is 3.59. The molecule has 1 aromatic carbocycles. The van der Waals surface area contributed by atoms with Gasteiger partial charge in [0.1, 0.15) is 18.9 Å². The van der Waals surface area contributed by atoms with Crippen molar-refractivity contribution in [2.75, 3.05) is 45.1 Å². The van der Waals surface area contributed by atoms with E-state index >= 15 is 0 Å². The molecule has 0 amide bonds. The fraction of sp³-hybridized carbons (Fsp3) is 0.733. The minimum atomic E-state index is -2.04. The predicted octanol–water partition coefficient (Wildman–Crippen LogP) is 3.41. The highest BCUT2D eigenvalue weighted by molar-refractivity contribution is 8.01. The highest BCUT2D eigenvalue weighted by Crippen LogP contribution is 2.62. The van der Waals surface area contributed by atoms with Crippen molar-refractivity contribution < 1.29 is 28.7 Å². The summed E-state index contributed by atoms with van der Waals surface area (Å²) in [4.78, 5) is 8.78. The van der Waals surface area contributed by atoms with Crippen molar-refractivity contribution in [3.05, 3.63) is 35.9 Å². The van der Waals surface area contributed by atoms with Gasteiger partial charge >= 0.3 is 0 Å². The van der Waals surface area contributed by atoms with E-state index in [2.05, 4.69) is 18.4 Å². The number of rotatable bonds is 13. The van der Waals surface area contributed by atoms with Crippen LogP contribution in [0.25, 0.3) is 0 Å². The van der Waals surface area contributed by atoms with E-state index in [0.717, 1.165) is 30.5 Å². The number of benzene rings is 1. The maximum Gasteiger partial charge on any atom is 0.165 e. The van der Waals surface area contributed by atoms with E-state index in [1.54, 1.807) is 11.1 Å². The fourth-order valence-corrected chi connectivity index (χ4v) is 8.01. The molecule has 222 valence electrons. The summed E-state index contributed by atoms with van der Waals surface area (Å²) in [6.45, 7) is 13.8. The van der Waals surface area contributed by atoms with Crippen molar-refractivity contribution in [2.24, 2.45) is 0 Å². The van der Waals surface area contributed by atoms with Crippen molar-refractivity contribution >= 4 is 9.93 Å². The number of piperidine rings is 1. The van der Waals surface area contributed by atoms with E-state index in [4.69, 9.17) is 14.3 Å². The maximum absolute atomic E-state index is 12.3. The third kappa shape index (κ3) is 5.68. The molecule has 0 aromatic heterocycles. The standard InChI is InChI=1S/C30H50N2O6S/c1-9-16-32-17-15-30-25-21(19-24(32)29(30,5)34)12-13-22(33)26(25)37-27(30)23(10-2)38-31(6)20-36-28(3,4)14-11-18-39(7,8)35/h9,12-13,23-24,27,33-34,39H,1,10-11,14-20H2,2-8H3/t23-,24+,27-,29+,30-/m0/s1. The van der Waals surface area contributed by atoms with Gasteiger partial charge in [0.25, 0.3) is 0 Å². The van der Waals surface area contributed by atoms with Crippen molar-refractivity contribution in [3.8, 4) is 11.5 Å².